The number of carbonyl (C=O) groups is 1. The van der Waals surface area contributed by atoms with E-state index in [4.69, 9.17) is 28.4 Å². The predicted molar refractivity (Wildman–Crippen MR) is 378 cm³/mol. The summed E-state index contributed by atoms with van der Waals surface area (Å²) in [5, 5.41) is 121. The fraction of sp³-hybridized carbons (Fsp3) is 0.831. The van der Waals surface area contributed by atoms with E-state index in [0.717, 1.165) is 83.5 Å². The number of ether oxygens (including phenoxy) is 6. The Morgan fingerprint density at radius 3 is 1.12 bits per heavy atom. The number of allylic oxidation sites excluding steroid dienone is 12. The lowest BCUT2D eigenvalue weighted by Crippen LogP contribution is -2.66. The average Bonchev–Trinajstić information content (AvgIpc) is 0.849. The summed E-state index contributed by atoms with van der Waals surface area (Å²) < 4.78 is 34.4. The largest absolute Gasteiger partial charge is 0.394 e. The van der Waals surface area contributed by atoms with Gasteiger partial charge in [0.25, 0.3) is 0 Å². The van der Waals surface area contributed by atoms with Crippen LogP contribution in [0.5, 0.6) is 0 Å². The number of unbranched alkanes of at least 4 members (excludes halogenated alkanes) is 31. The summed E-state index contributed by atoms with van der Waals surface area (Å²) in [4.78, 5) is 13.4. The van der Waals surface area contributed by atoms with Gasteiger partial charge in [-0.25, -0.2) is 0 Å². The van der Waals surface area contributed by atoms with Gasteiger partial charge in [-0.15, -0.1) is 0 Å². The second-order valence-corrected chi connectivity index (χ2v) is 27.1. The van der Waals surface area contributed by atoms with Gasteiger partial charge in [0.15, 0.2) is 18.9 Å². The lowest BCUT2D eigenvalue weighted by Gasteiger charge is -2.48. The van der Waals surface area contributed by atoms with Crippen LogP contribution in [0.15, 0.2) is 72.9 Å². The fourth-order valence-electron chi connectivity index (χ4n) is 12.7. The summed E-state index contributed by atoms with van der Waals surface area (Å²) >= 11 is 0. The van der Waals surface area contributed by atoms with Crippen LogP contribution in [-0.4, -0.2) is 193 Å². The number of amides is 1. The molecule has 0 bridgehead atoms. The van der Waals surface area contributed by atoms with Gasteiger partial charge in [-0.2, -0.15) is 0 Å². The molecule has 3 heterocycles. The maximum Gasteiger partial charge on any atom is 0.220 e. The zero-order chi connectivity index (χ0) is 69.6. The molecular weight excluding hydrogens is 1230 g/mol. The molecular formula is C77H137NO18. The molecule has 0 radical (unpaired) electrons. The molecule has 1 amide bonds. The Labute approximate surface area is 578 Å². The monoisotopic (exact) mass is 1360 g/mol. The first-order valence-electron chi connectivity index (χ1n) is 38.2. The minimum atomic E-state index is -1.97. The van der Waals surface area contributed by atoms with Gasteiger partial charge in [0.2, 0.25) is 5.91 Å². The number of nitrogens with one attached hydrogen (secondary N) is 1. The molecule has 0 saturated carbocycles. The fourth-order valence-corrected chi connectivity index (χ4v) is 12.7. The van der Waals surface area contributed by atoms with Crippen LogP contribution in [0.1, 0.15) is 277 Å². The van der Waals surface area contributed by atoms with Crippen LogP contribution in [0.3, 0.4) is 0 Å². The van der Waals surface area contributed by atoms with Gasteiger partial charge in [0.1, 0.15) is 73.2 Å². The Morgan fingerprint density at radius 1 is 0.385 bits per heavy atom. The van der Waals surface area contributed by atoms with Crippen molar-refractivity contribution in [2.75, 3.05) is 26.4 Å². The summed E-state index contributed by atoms with van der Waals surface area (Å²) in [5.74, 6) is -0.242. The zero-order valence-electron chi connectivity index (χ0n) is 59.3. The van der Waals surface area contributed by atoms with Crippen LogP contribution in [0.4, 0.5) is 0 Å². The lowest BCUT2D eigenvalue weighted by atomic mass is 9.96. The van der Waals surface area contributed by atoms with Crippen LogP contribution < -0.4 is 5.32 Å². The van der Waals surface area contributed by atoms with Crippen molar-refractivity contribution in [2.24, 2.45) is 0 Å². The molecule has 19 heteroatoms. The highest BCUT2D eigenvalue weighted by atomic mass is 16.8. The van der Waals surface area contributed by atoms with Gasteiger partial charge in [-0.05, 0) is 64.2 Å². The van der Waals surface area contributed by atoms with Crippen molar-refractivity contribution < 1.29 is 89.4 Å². The van der Waals surface area contributed by atoms with Crippen LogP contribution in [0.25, 0.3) is 0 Å². The zero-order valence-corrected chi connectivity index (χ0v) is 59.3. The summed E-state index contributed by atoms with van der Waals surface area (Å²) in [5.41, 5.74) is 0. The molecule has 17 unspecified atom stereocenters. The Balaban J connectivity index is 1.25. The van der Waals surface area contributed by atoms with Crippen molar-refractivity contribution in [1.82, 2.24) is 5.32 Å². The van der Waals surface area contributed by atoms with Crippen molar-refractivity contribution in [3.8, 4) is 0 Å². The summed E-state index contributed by atoms with van der Waals surface area (Å²) in [6.07, 6.45) is 47.5. The molecule has 3 aliphatic rings. The lowest BCUT2D eigenvalue weighted by molar-refractivity contribution is -0.379. The molecule has 19 nitrogen and oxygen atoms in total. The maximum atomic E-state index is 13.4. The van der Waals surface area contributed by atoms with Crippen LogP contribution in [0, 0.1) is 0 Å². The quantitative estimate of drug-likeness (QED) is 0.0199. The van der Waals surface area contributed by atoms with Gasteiger partial charge in [-0.3, -0.25) is 4.79 Å². The van der Waals surface area contributed by atoms with E-state index in [1.165, 1.54) is 161 Å². The van der Waals surface area contributed by atoms with Crippen molar-refractivity contribution in [1.29, 1.82) is 0 Å². The van der Waals surface area contributed by atoms with E-state index in [-0.39, 0.29) is 18.9 Å². The molecule has 0 spiro atoms. The minimum absolute atomic E-state index is 0.242. The van der Waals surface area contributed by atoms with Crippen molar-refractivity contribution in [2.45, 2.75) is 381 Å². The highest BCUT2D eigenvalue weighted by molar-refractivity contribution is 5.76. The second-order valence-electron chi connectivity index (χ2n) is 27.1. The van der Waals surface area contributed by atoms with E-state index >= 15 is 0 Å². The second kappa shape index (κ2) is 57.8. The Morgan fingerprint density at radius 2 is 0.719 bits per heavy atom. The Hall–Kier alpha value is -2.77. The predicted octanol–water partition coefficient (Wildman–Crippen LogP) is 11.7. The standard InChI is InChI=1S/C77H137NO18/c1-3-5-7-9-11-13-15-16-17-18-19-20-21-22-23-24-25-26-27-28-29-30-31-32-33-34-35-36-37-38-39-40-41-42-43-44-45-47-49-51-53-55-65(83)78-60(61(82)54-52-50-48-46-14-12-10-8-6-4-2)59-91-75-71(89)68(86)73(63(57-80)93-75)96-77-72(90)69(87)74(64(58-81)94-77)95-76-70(88)67(85)66(84)62(56-79)92-76/h5,7,11,13,16-17,19-20,22-23,25-26,60-64,66-77,79-82,84-90H,3-4,6,8-10,12,14-15,18,21,24,27-59H2,1-2H3,(H,78,83)/b7-5-,13-11-,17-16-,20-19-,23-22-,26-25-. The third-order valence-corrected chi connectivity index (χ3v) is 18.8. The van der Waals surface area contributed by atoms with E-state index in [0.29, 0.717) is 12.8 Å². The molecule has 3 saturated heterocycles. The minimum Gasteiger partial charge on any atom is -0.394 e. The van der Waals surface area contributed by atoms with Crippen molar-refractivity contribution in [3.63, 3.8) is 0 Å². The molecule has 0 aromatic rings. The average molecular weight is 1360 g/mol. The van der Waals surface area contributed by atoms with Gasteiger partial charge in [-0.1, -0.05) is 279 Å². The van der Waals surface area contributed by atoms with Crippen molar-refractivity contribution in [3.05, 3.63) is 72.9 Å². The third kappa shape index (κ3) is 38.3. The highest BCUT2D eigenvalue weighted by Gasteiger charge is 2.53. The number of hydrogen-bond donors (Lipinski definition) is 12. The van der Waals surface area contributed by atoms with E-state index in [1.807, 2.05) is 0 Å². The SMILES string of the molecule is CC/C=C\C/C=C\C/C=C\C/C=C\C/C=C\C/C=C\CCCCCCCCCCCCCCCCCCCCCCCCC(=O)NC(COC1OC(CO)C(OC2OC(CO)C(OC3OC(CO)C(O)C(O)C3O)C(O)C2O)C(O)C1O)C(O)CCCCCCCCCCCC. The topological polar surface area (TPSA) is 307 Å². The number of aliphatic hydroxyl groups excluding tert-OH is 11. The molecule has 3 rings (SSSR count). The van der Waals surface area contributed by atoms with Crippen LogP contribution >= 0.6 is 0 Å². The summed E-state index contributed by atoms with van der Waals surface area (Å²) in [6, 6.07) is -0.886. The first kappa shape index (κ1) is 87.4. The molecule has 96 heavy (non-hydrogen) atoms. The third-order valence-electron chi connectivity index (χ3n) is 18.8. The smallest absolute Gasteiger partial charge is 0.220 e. The molecule has 0 aromatic carbocycles. The molecule has 0 aliphatic carbocycles. The highest BCUT2D eigenvalue weighted by Crippen LogP contribution is 2.33. The molecule has 12 N–H and O–H groups in total. The number of carbonyl (C=O) groups excluding carboxylic acids is 1. The first-order valence-corrected chi connectivity index (χ1v) is 38.2. The number of aliphatic hydroxyl groups is 11. The molecule has 3 fully saturated rings. The summed E-state index contributed by atoms with van der Waals surface area (Å²) in [6.45, 7) is 1.67. The van der Waals surface area contributed by atoms with Crippen molar-refractivity contribution >= 4 is 5.91 Å². The Bertz CT molecular complexity index is 2020. The first-order chi connectivity index (χ1) is 46.8. The van der Waals surface area contributed by atoms with E-state index < -0.39 is 124 Å². The Kier molecular flexibility index (Phi) is 52.7. The van der Waals surface area contributed by atoms with Gasteiger partial charge in [0.05, 0.1) is 38.6 Å². The molecule has 0 aromatic heterocycles. The van der Waals surface area contributed by atoms with E-state index in [1.54, 1.807) is 0 Å². The number of rotatable bonds is 59. The number of hydrogen-bond acceptors (Lipinski definition) is 18. The maximum absolute atomic E-state index is 13.4. The van der Waals surface area contributed by atoms with Gasteiger partial charge < -0.3 is 89.9 Å². The molecule has 17 atom stereocenters. The normalized spacial score (nSPS) is 27.4. The van der Waals surface area contributed by atoms with Crippen LogP contribution in [-0.2, 0) is 33.2 Å². The molecule has 558 valence electrons. The van der Waals surface area contributed by atoms with E-state index in [2.05, 4.69) is 92.1 Å². The molecule has 3 aliphatic heterocycles. The van der Waals surface area contributed by atoms with Gasteiger partial charge in [0, 0.05) is 6.42 Å². The van der Waals surface area contributed by atoms with Gasteiger partial charge >= 0.3 is 0 Å². The van der Waals surface area contributed by atoms with Crippen LogP contribution in [0.2, 0.25) is 0 Å². The van der Waals surface area contributed by atoms with E-state index in [9.17, 15) is 61.0 Å². The summed E-state index contributed by atoms with van der Waals surface area (Å²) in [7, 11) is 0.